The van der Waals surface area contributed by atoms with Gasteiger partial charge in [0.25, 0.3) is 0 Å². The average Bonchev–Trinajstić information content (AvgIpc) is 2.48. The molecule has 6 heteroatoms. The van der Waals surface area contributed by atoms with Gasteiger partial charge in [-0.3, -0.25) is 4.90 Å². The first-order valence-corrected chi connectivity index (χ1v) is 7.85. The van der Waals surface area contributed by atoms with Crippen LogP contribution >= 0.6 is 0 Å². The molecule has 6 nitrogen and oxygen atoms in total. The van der Waals surface area contributed by atoms with E-state index in [9.17, 15) is 0 Å². The SMILES string of the molecule is CC(C)CCNc1nccc(NCCN2CCOCC2)n1. The first-order valence-electron chi connectivity index (χ1n) is 7.85. The van der Waals surface area contributed by atoms with Gasteiger partial charge in [0, 0.05) is 38.9 Å². The van der Waals surface area contributed by atoms with Crippen LogP contribution in [0.2, 0.25) is 0 Å². The zero-order chi connectivity index (χ0) is 14.9. The molecule has 1 aliphatic rings. The fraction of sp³-hybridized carbons (Fsp3) is 0.733. The number of hydrogen-bond acceptors (Lipinski definition) is 6. The molecule has 0 bridgehead atoms. The van der Waals surface area contributed by atoms with Crippen LogP contribution in [0.4, 0.5) is 11.8 Å². The highest BCUT2D eigenvalue weighted by atomic mass is 16.5. The minimum absolute atomic E-state index is 0.687. The third-order valence-corrected chi connectivity index (χ3v) is 3.50. The van der Waals surface area contributed by atoms with Gasteiger partial charge in [0.1, 0.15) is 5.82 Å². The van der Waals surface area contributed by atoms with Crippen molar-refractivity contribution in [3.63, 3.8) is 0 Å². The number of rotatable bonds is 8. The number of morpholine rings is 1. The summed E-state index contributed by atoms with van der Waals surface area (Å²) in [7, 11) is 0. The Morgan fingerprint density at radius 2 is 2.05 bits per heavy atom. The number of hydrogen-bond donors (Lipinski definition) is 2. The fourth-order valence-electron chi connectivity index (χ4n) is 2.18. The quantitative estimate of drug-likeness (QED) is 0.760. The Balaban J connectivity index is 1.70. The molecule has 118 valence electrons. The molecule has 0 saturated carbocycles. The van der Waals surface area contributed by atoms with Crippen molar-refractivity contribution in [1.82, 2.24) is 14.9 Å². The van der Waals surface area contributed by atoms with E-state index in [1.165, 1.54) is 0 Å². The van der Waals surface area contributed by atoms with E-state index in [-0.39, 0.29) is 0 Å². The average molecular weight is 293 g/mol. The summed E-state index contributed by atoms with van der Waals surface area (Å²) in [5, 5.41) is 6.62. The van der Waals surface area contributed by atoms with Gasteiger partial charge >= 0.3 is 0 Å². The van der Waals surface area contributed by atoms with E-state index in [0.717, 1.165) is 58.2 Å². The molecule has 0 unspecified atom stereocenters. The lowest BCUT2D eigenvalue weighted by Crippen LogP contribution is -2.39. The molecule has 1 saturated heterocycles. The van der Waals surface area contributed by atoms with Crippen molar-refractivity contribution in [2.24, 2.45) is 5.92 Å². The molecule has 1 aromatic rings. The van der Waals surface area contributed by atoms with Crippen LogP contribution in [0, 0.1) is 5.92 Å². The minimum atomic E-state index is 0.687. The third kappa shape index (κ3) is 6.27. The second-order valence-corrected chi connectivity index (χ2v) is 5.76. The molecule has 2 rings (SSSR count). The maximum Gasteiger partial charge on any atom is 0.224 e. The molecule has 2 N–H and O–H groups in total. The Morgan fingerprint density at radius 1 is 1.24 bits per heavy atom. The lowest BCUT2D eigenvalue weighted by molar-refractivity contribution is 0.0398. The van der Waals surface area contributed by atoms with Gasteiger partial charge in [0.15, 0.2) is 0 Å². The molecule has 2 heterocycles. The van der Waals surface area contributed by atoms with Crippen LogP contribution in [0.1, 0.15) is 20.3 Å². The molecule has 0 amide bonds. The van der Waals surface area contributed by atoms with E-state index >= 15 is 0 Å². The van der Waals surface area contributed by atoms with Gasteiger partial charge in [-0.15, -0.1) is 0 Å². The second-order valence-electron chi connectivity index (χ2n) is 5.76. The smallest absolute Gasteiger partial charge is 0.224 e. The van der Waals surface area contributed by atoms with Gasteiger partial charge in [-0.25, -0.2) is 4.98 Å². The summed E-state index contributed by atoms with van der Waals surface area (Å²) in [6.07, 6.45) is 2.92. The number of aromatic nitrogens is 2. The Labute approximate surface area is 127 Å². The summed E-state index contributed by atoms with van der Waals surface area (Å²) < 4.78 is 5.34. The van der Waals surface area contributed by atoms with Crippen LogP contribution in [0.5, 0.6) is 0 Å². The first-order chi connectivity index (χ1) is 10.2. The molecule has 0 atom stereocenters. The maximum absolute atomic E-state index is 5.34. The highest BCUT2D eigenvalue weighted by Gasteiger charge is 2.09. The summed E-state index contributed by atoms with van der Waals surface area (Å²) in [4.78, 5) is 11.1. The molecule has 1 aliphatic heterocycles. The largest absolute Gasteiger partial charge is 0.379 e. The fourth-order valence-corrected chi connectivity index (χ4v) is 2.18. The minimum Gasteiger partial charge on any atom is -0.379 e. The summed E-state index contributed by atoms with van der Waals surface area (Å²) in [6.45, 7) is 11.0. The van der Waals surface area contributed by atoms with Gasteiger partial charge < -0.3 is 15.4 Å². The third-order valence-electron chi connectivity index (χ3n) is 3.50. The van der Waals surface area contributed by atoms with Gasteiger partial charge in [-0.05, 0) is 18.4 Å². The van der Waals surface area contributed by atoms with Crippen molar-refractivity contribution >= 4 is 11.8 Å². The number of anilines is 2. The molecule has 1 fully saturated rings. The Bertz CT molecular complexity index is 407. The van der Waals surface area contributed by atoms with E-state index in [1.54, 1.807) is 6.20 Å². The van der Waals surface area contributed by atoms with E-state index < -0.39 is 0 Å². The molecule has 0 spiro atoms. The maximum atomic E-state index is 5.34. The second kappa shape index (κ2) is 8.79. The number of nitrogens with zero attached hydrogens (tertiary/aromatic N) is 3. The molecule has 0 radical (unpaired) electrons. The predicted molar refractivity (Wildman–Crippen MR) is 85.7 cm³/mol. The van der Waals surface area contributed by atoms with E-state index in [2.05, 4.69) is 39.3 Å². The van der Waals surface area contributed by atoms with Crippen molar-refractivity contribution < 1.29 is 4.74 Å². The van der Waals surface area contributed by atoms with Crippen LogP contribution in [-0.2, 0) is 4.74 Å². The van der Waals surface area contributed by atoms with E-state index in [1.807, 2.05) is 6.07 Å². The summed E-state index contributed by atoms with van der Waals surface area (Å²) in [5.41, 5.74) is 0. The summed E-state index contributed by atoms with van der Waals surface area (Å²) in [6, 6.07) is 1.91. The highest BCUT2D eigenvalue weighted by molar-refractivity contribution is 5.39. The number of nitrogens with one attached hydrogen (secondary N) is 2. The number of ether oxygens (including phenoxy) is 1. The van der Waals surface area contributed by atoms with Crippen molar-refractivity contribution in [3.8, 4) is 0 Å². The van der Waals surface area contributed by atoms with Gasteiger partial charge in [0.05, 0.1) is 13.2 Å². The molecule has 0 aliphatic carbocycles. The Kier molecular flexibility index (Phi) is 6.69. The van der Waals surface area contributed by atoms with Crippen molar-refractivity contribution in [3.05, 3.63) is 12.3 Å². The molecular weight excluding hydrogens is 266 g/mol. The van der Waals surface area contributed by atoms with Gasteiger partial charge in [-0.2, -0.15) is 4.98 Å². The Morgan fingerprint density at radius 3 is 2.81 bits per heavy atom. The van der Waals surface area contributed by atoms with E-state index in [0.29, 0.717) is 11.9 Å². The normalized spacial score (nSPS) is 16.1. The van der Waals surface area contributed by atoms with E-state index in [4.69, 9.17) is 4.74 Å². The van der Waals surface area contributed by atoms with Crippen LogP contribution in [0.15, 0.2) is 12.3 Å². The lowest BCUT2D eigenvalue weighted by atomic mass is 10.1. The van der Waals surface area contributed by atoms with Crippen LogP contribution < -0.4 is 10.6 Å². The van der Waals surface area contributed by atoms with Crippen LogP contribution in [-0.4, -0.2) is 60.8 Å². The van der Waals surface area contributed by atoms with Crippen molar-refractivity contribution in [2.75, 3.05) is 56.6 Å². The topological polar surface area (TPSA) is 62.3 Å². The molecule has 21 heavy (non-hydrogen) atoms. The zero-order valence-corrected chi connectivity index (χ0v) is 13.1. The standard InChI is InChI=1S/C15H27N5O/c1-13(2)3-5-17-15-18-6-4-14(19-15)16-7-8-20-9-11-21-12-10-20/h4,6,13H,3,5,7-12H2,1-2H3,(H2,16,17,18,19). The Hall–Kier alpha value is -1.40. The molecule has 0 aromatic carbocycles. The van der Waals surface area contributed by atoms with Crippen molar-refractivity contribution in [2.45, 2.75) is 20.3 Å². The van der Waals surface area contributed by atoms with Crippen LogP contribution in [0.3, 0.4) is 0 Å². The van der Waals surface area contributed by atoms with Crippen LogP contribution in [0.25, 0.3) is 0 Å². The predicted octanol–water partition coefficient (Wildman–Crippen LogP) is 1.68. The summed E-state index contributed by atoms with van der Waals surface area (Å²) >= 11 is 0. The summed E-state index contributed by atoms with van der Waals surface area (Å²) in [5.74, 6) is 2.27. The zero-order valence-electron chi connectivity index (χ0n) is 13.1. The van der Waals surface area contributed by atoms with Crippen molar-refractivity contribution in [1.29, 1.82) is 0 Å². The highest BCUT2D eigenvalue weighted by Crippen LogP contribution is 2.07. The molecular formula is C15H27N5O. The van der Waals surface area contributed by atoms with Gasteiger partial charge in [0.2, 0.25) is 5.95 Å². The monoisotopic (exact) mass is 293 g/mol. The first kappa shape index (κ1) is 16.0. The molecule has 1 aromatic heterocycles. The van der Waals surface area contributed by atoms with Gasteiger partial charge in [-0.1, -0.05) is 13.8 Å². The lowest BCUT2D eigenvalue weighted by Gasteiger charge is -2.26.